The lowest BCUT2D eigenvalue weighted by molar-refractivity contribution is 0.399. The van der Waals surface area contributed by atoms with Crippen molar-refractivity contribution in [3.05, 3.63) is 60.0 Å². The molecule has 2 aromatic carbocycles. The summed E-state index contributed by atoms with van der Waals surface area (Å²) in [6.07, 6.45) is 1.88. The van der Waals surface area contributed by atoms with E-state index in [1.807, 2.05) is 38.5 Å². The molecule has 0 bridgehead atoms. The number of nitrogens with one attached hydrogen (secondary N) is 1. The number of aromatic amines is 1. The average Bonchev–Trinajstić information content (AvgIpc) is 2.85. The Kier molecular flexibility index (Phi) is 3.99. The second-order valence-corrected chi connectivity index (χ2v) is 6.35. The quantitative estimate of drug-likeness (QED) is 0.764. The number of hydrogen-bond acceptors (Lipinski definition) is 2. The van der Waals surface area contributed by atoms with Gasteiger partial charge in [0.25, 0.3) is 0 Å². The highest BCUT2D eigenvalue weighted by molar-refractivity contribution is 7.99. The molecular weight excluding hydrogens is 283 g/mol. The first-order chi connectivity index (χ1) is 10.1. The number of rotatable bonds is 4. The number of halogens is 1. The molecule has 0 aliphatic rings. The fourth-order valence-electron chi connectivity index (χ4n) is 2.38. The summed E-state index contributed by atoms with van der Waals surface area (Å²) in [6.45, 7) is 0.869. The Hall–Kier alpha value is -1.78. The molecule has 0 radical (unpaired) electrons. The van der Waals surface area contributed by atoms with E-state index in [1.54, 1.807) is 17.8 Å². The van der Waals surface area contributed by atoms with Gasteiger partial charge >= 0.3 is 0 Å². The zero-order valence-corrected chi connectivity index (χ0v) is 12.9. The molecule has 0 amide bonds. The highest BCUT2D eigenvalue weighted by atomic mass is 32.2. The summed E-state index contributed by atoms with van der Waals surface area (Å²) in [7, 11) is 4.10. The van der Waals surface area contributed by atoms with Crippen molar-refractivity contribution < 1.29 is 4.39 Å². The van der Waals surface area contributed by atoms with E-state index < -0.39 is 0 Å². The lowest BCUT2D eigenvalue weighted by Gasteiger charge is -2.13. The van der Waals surface area contributed by atoms with E-state index in [2.05, 4.69) is 22.0 Å². The van der Waals surface area contributed by atoms with Crippen molar-refractivity contribution in [2.24, 2.45) is 0 Å². The van der Waals surface area contributed by atoms with Gasteiger partial charge in [-0.05, 0) is 37.9 Å². The Morgan fingerprint density at radius 1 is 1.05 bits per heavy atom. The molecule has 0 unspecified atom stereocenters. The second kappa shape index (κ2) is 5.92. The van der Waals surface area contributed by atoms with E-state index in [-0.39, 0.29) is 5.82 Å². The Labute approximate surface area is 128 Å². The number of hydrogen-bond donors (Lipinski definition) is 1. The smallest absolute Gasteiger partial charge is 0.133 e. The average molecular weight is 300 g/mol. The lowest BCUT2D eigenvalue weighted by Crippen LogP contribution is -2.11. The van der Waals surface area contributed by atoms with Crippen LogP contribution in [-0.4, -0.2) is 24.0 Å². The van der Waals surface area contributed by atoms with Gasteiger partial charge < -0.3 is 9.88 Å². The molecule has 1 heterocycles. The van der Waals surface area contributed by atoms with Crippen LogP contribution in [-0.2, 0) is 6.54 Å². The molecule has 0 fully saturated rings. The molecular formula is C17H17FN2S. The van der Waals surface area contributed by atoms with Crippen LogP contribution in [0, 0.1) is 5.82 Å². The summed E-state index contributed by atoms with van der Waals surface area (Å²) in [5, 5.41) is 0.669. The van der Waals surface area contributed by atoms with Gasteiger partial charge in [0, 0.05) is 33.4 Å². The van der Waals surface area contributed by atoms with E-state index in [0.29, 0.717) is 5.39 Å². The van der Waals surface area contributed by atoms with E-state index in [9.17, 15) is 4.39 Å². The van der Waals surface area contributed by atoms with Gasteiger partial charge in [0.15, 0.2) is 0 Å². The fourth-order valence-corrected chi connectivity index (χ4v) is 3.46. The first kappa shape index (κ1) is 14.2. The molecule has 0 aliphatic carbocycles. The van der Waals surface area contributed by atoms with E-state index >= 15 is 0 Å². The van der Waals surface area contributed by atoms with Crippen LogP contribution in [0.4, 0.5) is 4.39 Å². The highest BCUT2D eigenvalue weighted by Gasteiger charge is 2.12. The van der Waals surface area contributed by atoms with Crippen LogP contribution < -0.4 is 0 Å². The van der Waals surface area contributed by atoms with Crippen molar-refractivity contribution in [2.45, 2.75) is 16.3 Å². The van der Waals surface area contributed by atoms with Crippen LogP contribution in [0.15, 0.2) is 58.5 Å². The van der Waals surface area contributed by atoms with Crippen molar-refractivity contribution in [1.29, 1.82) is 0 Å². The molecule has 1 N–H and O–H groups in total. The molecule has 4 heteroatoms. The zero-order chi connectivity index (χ0) is 14.8. The number of nitrogens with zero attached hydrogens (tertiary/aromatic N) is 1. The number of fused-ring (bicyclic) bond motifs is 1. The summed E-state index contributed by atoms with van der Waals surface area (Å²) in [5.74, 6) is -0.179. The predicted molar refractivity (Wildman–Crippen MR) is 86.2 cm³/mol. The second-order valence-electron chi connectivity index (χ2n) is 5.26. The summed E-state index contributed by atoms with van der Waals surface area (Å²) in [5.41, 5.74) is 2.08. The maximum absolute atomic E-state index is 14.1. The van der Waals surface area contributed by atoms with Crippen LogP contribution >= 0.6 is 11.8 Å². The normalized spacial score (nSPS) is 11.4. The predicted octanol–water partition coefficient (Wildman–Crippen LogP) is 4.52. The minimum absolute atomic E-state index is 0.179. The summed E-state index contributed by atoms with van der Waals surface area (Å²) in [4.78, 5) is 7.36. The fraction of sp³-hybridized carbons (Fsp3) is 0.176. The molecule has 1 aromatic heterocycles. The van der Waals surface area contributed by atoms with Crippen molar-refractivity contribution in [1.82, 2.24) is 9.88 Å². The monoisotopic (exact) mass is 300 g/mol. The molecule has 2 nitrogen and oxygen atoms in total. The van der Waals surface area contributed by atoms with Gasteiger partial charge in [-0.1, -0.05) is 36.0 Å². The molecule has 0 atom stereocenters. The summed E-state index contributed by atoms with van der Waals surface area (Å²) < 4.78 is 14.1. The van der Waals surface area contributed by atoms with Crippen LogP contribution in [0.5, 0.6) is 0 Å². The van der Waals surface area contributed by atoms with Crippen molar-refractivity contribution in [2.75, 3.05) is 14.1 Å². The third-order valence-corrected chi connectivity index (χ3v) is 4.46. The molecule has 108 valence electrons. The van der Waals surface area contributed by atoms with Crippen LogP contribution in [0.25, 0.3) is 10.9 Å². The standard InChI is InChI=1S/C17H17FN2S/c1-20(2)11-12-6-3-4-9-15(12)21-16-10-19-14-8-5-7-13(18)17(14)16/h3-10,19H,11H2,1-2H3. The van der Waals surface area contributed by atoms with Crippen molar-refractivity contribution in [3.8, 4) is 0 Å². The Balaban J connectivity index is 1.99. The van der Waals surface area contributed by atoms with E-state index in [4.69, 9.17) is 0 Å². The topological polar surface area (TPSA) is 19.0 Å². The molecule has 0 saturated heterocycles. The van der Waals surface area contributed by atoms with Crippen LogP contribution in [0.2, 0.25) is 0 Å². The maximum atomic E-state index is 14.1. The third kappa shape index (κ3) is 2.96. The highest BCUT2D eigenvalue weighted by Crippen LogP contribution is 2.36. The zero-order valence-electron chi connectivity index (χ0n) is 12.1. The largest absolute Gasteiger partial charge is 0.360 e. The molecule has 21 heavy (non-hydrogen) atoms. The Morgan fingerprint density at radius 2 is 1.86 bits per heavy atom. The molecule has 3 aromatic rings. The summed E-state index contributed by atoms with van der Waals surface area (Å²) in [6, 6.07) is 13.4. The van der Waals surface area contributed by atoms with Gasteiger partial charge in [0.05, 0.1) is 0 Å². The van der Waals surface area contributed by atoms with Gasteiger partial charge in [0.1, 0.15) is 5.82 Å². The molecule has 0 aliphatic heterocycles. The Morgan fingerprint density at radius 3 is 2.67 bits per heavy atom. The minimum Gasteiger partial charge on any atom is -0.360 e. The van der Waals surface area contributed by atoms with Gasteiger partial charge in [0.2, 0.25) is 0 Å². The number of aromatic nitrogens is 1. The van der Waals surface area contributed by atoms with E-state index in [1.165, 1.54) is 11.6 Å². The number of benzene rings is 2. The summed E-state index contributed by atoms with van der Waals surface area (Å²) >= 11 is 1.61. The minimum atomic E-state index is -0.179. The Bertz CT molecular complexity index is 764. The molecule has 3 rings (SSSR count). The van der Waals surface area contributed by atoms with Gasteiger partial charge in [-0.25, -0.2) is 4.39 Å². The molecule has 0 saturated carbocycles. The van der Waals surface area contributed by atoms with Crippen molar-refractivity contribution in [3.63, 3.8) is 0 Å². The van der Waals surface area contributed by atoms with Crippen LogP contribution in [0.3, 0.4) is 0 Å². The lowest BCUT2D eigenvalue weighted by atomic mass is 10.2. The van der Waals surface area contributed by atoms with E-state index in [0.717, 1.165) is 21.9 Å². The SMILES string of the molecule is CN(C)Cc1ccccc1Sc1c[nH]c2cccc(F)c12. The molecule has 0 spiro atoms. The van der Waals surface area contributed by atoms with Gasteiger partial charge in [-0.3, -0.25) is 0 Å². The van der Waals surface area contributed by atoms with Gasteiger partial charge in [-0.2, -0.15) is 0 Å². The number of H-pyrrole nitrogens is 1. The van der Waals surface area contributed by atoms with Crippen LogP contribution in [0.1, 0.15) is 5.56 Å². The van der Waals surface area contributed by atoms with Crippen molar-refractivity contribution >= 4 is 22.7 Å². The maximum Gasteiger partial charge on any atom is 0.133 e. The first-order valence-corrected chi connectivity index (χ1v) is 7.63. The third-order valence-electron chi connectivity index (χ3n) is 3.30. The van der Waals surface area contributed by atoms with Gasteiger partial charge in [-0.15, -0.1) is 0 Å². The first-order valence-electron chi connectivity index (χ1n) is 6.81.